The second kappa shape index (κ2) is 5.54. The van der Waals surface area contributed by atoms with Crippen LogP contribution in [0.2, 0.25) is 0 Å². The highest BCUT2D eigenvalue weighted by Crippen LogP contribution is 2.46. The van der Waals surface area contributed by atoms with Gasteiger partial charge in [0.1, 0.15) is 5.82 Å². The van der Waals surface area contributed by atoms with Crippen LogP contribution in [-0.4, -0.2) is 53.1 Å². The SMILES string of the molecule is CN1C2CCC2C1CN1CCc2c(F)cc(C(=O)NO)cc2C1. The van der Waals surface area contributed by atoms with Crippen molar-refractivity contribution in [3.63, 3.8) is 0 Å². The van der Waals surface area contributed by atoms with Crippen LogP contribution in [0.25, 0.3) is 0 Å². The summed E-state index contributed by atoms with van der Waals surface area (Å²) in [4.78, 5) is 16.4. The van der Waals surface area contributed by atoms with Gasteiger partial charge in [0.2, 0.25) is 0 Å². The van der Waals surface area contributed by atoms with Crippen LogP contribution in [0.5, 0.6) is 0 Å². The zero-order chi connectivity index (χ0) is 16.1. The van der Waals surface area contributed by atoms with Gasteiger partial charge in [0.05, 0.1) is 0 Å². The predicted molar refractivity (Wildman–Crippen MR) is 82.7 cm³/mol. The maximum Gasteiger partial charge on any atom is 0.274 e. The summed E-state index contributed by atoms with van der Waals surface area (Å²) in [6.45, 7) is 2.53. The van der Waals surface area contributed by atoms with Crippen molar-refractivity contribution in [2.45, 2.75) is 37.9 Å². The number of nitrogens with one attached hydrogen (secondary N) is 1. The van der Waals surface area contributed by atoms with Crippen molar-refractivity contribution < 1.29 is 14.4 Å². The first-order chi connectivity index (χ1) is 11.1. The highest BCUT2D eigenvalue weighted by atomic mass is 19.1. The first-order valence-electron chi connectivity index (χ1n) is 8.28. The van der Waals surface area contributed by atoms with Crippen LogP contribution in [0.3, 0.4) is 0 Å². The number of benzene rings is 1. The Balaban J connectivity index is 1.49. The maximum absolute atomic E-state index is 14.2. The lowest BCUT2D eigenvalue weighted by atomic mass is 9.65. The van der Waals surface area contributed by atoms with Crippen molar-refractivity contribution in [3.05, 3.63) is 34.6 Å². The molecule has 5 nitrogen and oxygen atoms in total. The molecule has 1 saturated carbocycles. The third-order valence-electron chi connectivity index (χ3n) is 6.00. The van der Waals surface area contributed by atoms with Gasteiger partial charge in [0, 0.05) is 37.3 Å². The van der Waals surface area contributed by atoms with E-state index in [1.165, 1.54) is 18.9 Å². The van der Waals surface area contributed by atoms with Crippen LogP contribution < -0.4 is 5.48 Å². The van der Waals surface area contributed by atoms with Gasteiger partial charge in [-0.2, -0.15) is 0 Å². The number of hydrogen-bond acceptors (Lipinski definition) is 4. The molecule has 1 saturated heterocycles. The van der Waals surface area contributed by atoms with E-state index in [4.69, 9.17) is 5.21 Å². The Bertz CT molecular complexity index is 645. The molecule has 3 aliphatic rings. The van der Waals surface area contributed by atoms with Gasteiger partial charge in [-0.15, -0.1) is 0 Å². The molecule has 1 aromatic rings. The van der Waals surface area contributed by atoms with Gasteiger partial charge in [0.15, 0.2) is 0 Å². The van der Waals surface area contributed by atoms with E-state index < -0.39 is 5.91 Å². The standard InChI is InChI=1S/C17H22FN3O2/c1-20-15-3-2-13(15)16(20)9-21-5-4-12-11(8-21)6-10(7-14(12)18)17(22)19-23/h6-7,13,15-16,23H,2-5,8-9H2,1H3,(H,19,22). The summed E-state index contributed by atoms with van der Waals surface area (Å²) in [7, 11) is 2.20. The molecule has 4 rings (SSSR count). The molecule has 6 heteroatoms. The smallest absolute Gasteiger partial charge is 0.274 e. The molecule has 23 heavy (non-hydrogen) atoms. The highest BCUT2D eigenvalue weighted by molar-refractivity contribution is 5.93. The van der Waals surface area contributed by atoms with Gasteiger partial charge in [-0.1, -0.05) is 0 Å². The van der Waals surface area contributed by atoms with Gasteiger partial charge in [-0.3, -0.25) is 19.8 Å². The van der Waals surface area contributed by atoms with Crippen molar-refractivity contribution in [3.8, 4) is 0 Å². The molecular formula is C17H22FN3O2. The Morgan fingerprint density at radius 1 is 1.43 bits per heavy atom. The van der Waals surface area contributed by atoms with Crippen molar-refractivity contribution in [2.24, 2.45) is 5.92 Å². The number of carbonyl (C=O) groups is 1. The molecule has 2 N–H and O–H groups in total. The molecule has 2 heterocycles. The third-order valence-corrected chi connectivity index (χ3v) is 6.00. The van der Waals surface area contributed by atoms with Gasteiger partial charge in [0.25, 0.3) is 5.91 Å². The average molecular weight is 319 g/mol. The molecule has 1 aliphatic carbocycles. The van der Waals surface area contributed by atoms with E-state index in [0.29, 0.717) is 24.6 Å². The summed E-state index contributed by atoms with van der Waals surface area (Å²) < 4.78 is 14.2. The Morgan fingerprint density at radius 2 is 2.26 bits per heavy atom. The predicted octanol–water partition coefficient (Wildman–Crippen LogP) is 1.40. The van der Waals surface area contributed by atoms with E-state index in [0.717, 1.165) is 30.6 Å². The molecule has 3 unspecified atom stereocenters. The van der Waals surface area contributed by atoms with E-state index in [1.807, 2.05) is 0 Å². The number of carbonyl (C=O) groups excluding carboxylic acids is 1. The first-order valence-corrected chi connectivity index (χ1v) is 8.28. The number of nitrogens with zero attached hydrogens (tertiary/aromatic N) is 2. The van der Waals surface area contributed by atoms with Crippen molar-refractivity contribution in [2.75, 3.05) is 20.1 Å². The molecule has 0 bridgehead atoms. The van der Waals surface area contributed by atoms with Gasteiger partial charge in [-0.05, 0) is 55.5 Å². The number of amides is 1. The number of hydroxylamine groups is 1. The maximum atomic E-state index is 14.2. The molecule has 1 amide bonds. The van der Waals surface area contributed by atoms with Crippen LogP contribution in [0.4, 0.5) is 4.39 Å². The summed E-state index contributed by atoms with van der Waals surface area (Å²) in [5.74, 6) is -0.176. The number of rotatable bonds is 3. The Hall–Kier alpha value is -1.50. The normalized spacial score (nSPS) is 30.0. The number of fused-ring (bicyclic) bond motifs is 2. The Morgan fingerprint density at radius 3 is 2.91 bits per heavy atom. The first kappa shape index (κ1) is 15.1. The molecule has 0 spiro atoms. The topological polar surface area (TPSA) is 55.8 Å². The number of likely N-dealkylation sites (tertiary alicyclic amines) is 1. The fourth-order valence-corrected chi connectivity index (χ4v) is 4.49. The minimum Gasteiger partial charge on any atom is -0.299 e. The highest BCUT2D eigenvalue weighted by Gasteiger charge is 2.51. The number of likely N-dealkylation sites (N-methyl/N-ethyl adjacent to an activating group) is 1. The number of hydrogen-bond donors (Lipinski definition) is 2. The Kier molecular flexibility index (Phi) is 3.63. The molecular weight excluding hydrogens is 297 g/mol. The van der Waals surface area contributed by atoms with Crippen molar-refractivity contribution in [1.29, 1.82) is 0 Å². The van der Waals surface area contributed by atoms with E-state index in [1.54, 1.807) is 11.5 Å². The molecule has 124 valence electrons. The molecule has 2 aliphatic heterocycles. The fourth-order valence-electron chi connectivity index (χ4n) is 4.49. The van der Waals surface area contributed by atoms with Crippen molar-refractivity contribution >= 4 is 5.91 Å². The van der Waals surface area contributed by atoms with Gasteiger partial charge in [-0.25, -0.2) is 9.87 Å². The average Bonchev–Trinajstić information content (AvgIpc) is 2.52. The number of piperidine rings is 1. The lowest BCUT2D eigenvalue weighted by Gasteiger charge is -2.61. The molecule has 0 aromatic heterocycles. The lowest BCUT2D eigenvalue weighted by Crippen LogP contribution is -2.70. The largest absolute Gasteiger partial charge is 0.299 e. The summed E-state index contributed by atoms with van der Waals surface area (Å²) in [5.41, 5.74) is 3.32. The van der Waals surface area contributed by atoms with Crippen LogP contribution in [0.15, 0.2) is 12.1 Å². The second-order valence-corrected chi connectivity index (χ2v) is 7.06. The monoisotopic (exact) mass is 319 g/mol. The fraction of sp³-hybridized carbons (Fsp3) is 0.588. The lowest BCUT2D eigenvalue weighted by molar-refractivity contribution is -0.114. The summed E-state index contributed by atoms with van der Waals surface area (Å²) in [5, 5.41) is 8.75. The Labute approximate surface area is 135 Å². The van der Waals surface area contributed by atoms with E-state index in [2.05, 4.69) is 16.8 Å². The minimum absolute atomic E-state index is 0.172. The molecule has 1 aromatic carbocycles. The number of halogens is 1. The van der Waals surface area contributed by atoms with Crippen LogP contribution >= 0.6 is 0 Å². The zero-order valence-corrected chi connectivity index (χ0v) is 13.3. The summed E-state index contributed by atoms with van der Waals surface area (Å²) in [6.07, 6.45) is 3.33. The molecule has 3 atom stereocenters. The van der Waals surface area contributed by atoms with E-state index >= 15 is 0 Å². The second-order valence-electron chi connectivity index (χ2n) is 7.06. The van der Waals surface area contributed by atoms with Crippen LogP contribution in [-0.2, 0) is 13.0 Å². The quantitative estimate of drug-likeness (QED) is 0.653. The van der Waals surface area contributed by atoms with E-state index in [-0.39, 0.29) is 11.4 Å². The van der Waals surface area contributed by atoms with Crippen LogP contribution in [0.1, 0.15) is 34.3 Å². The third kappa shape index (κ3) is 2.36. The molecule has 2 fully saturated rings. The summed E-state index contributed by atoms with van der Waals surface area (Å²) in [6, 6.07) is 4.31. The minimum atomic E-state index is -0.667. The van der Waals surface area contributed by atoms with E-state index in [9.17, 15) is 9.18 Å². The van der Waals surface area contributed by atoms with Crippen LogP contribution in [0, 0.1) is 11.7 Å². The summed E-state index contributed by atoms with van der Waals surface area (Å²) >= 11 is 0. The van der Waals surface area contributed by atoms with Crippen molar-refractivity contribution in [1.82, 2.24) is 15.3 Å². The zero-order valence-electron chi connectivity index (χ0n) is 13.3. The van der Waals surface area contributed by atoms with Gasteiger partial charge < -0.3 is 0 Å². The van der Waals surface area contributed by atoms with Gasteiger partial charge >= 0.3 is 0 Å². The molecule has 0 radical (unpaired) electrons.